The maximum atomic E-state index is 6.53. The van der Waals surface area contributed by atoms with Gasteiger partial charge in [-0.25, -0.2) is 9.97 Å². The van der Waals surface area contributed by atoms with E-state index in [0.717, 1.165) is 60.6 Å². The molecule has 0 fully saturated rings. The molecule has 11 rings (SSSR count). The summed E-state index contributed by atoms with van der Waals surface area (Å²) < 4.78 is 8.86. The number of fused-ring (bicyclic) bond motifs is 14. The van der Waals surface area contributed by atoms with Gasteiger partial charge in [-0.05, 0) is 69.8 Å². The summed E-state index contributed by atoms with van der Waals surface area (Å²) in [7, 11) is 0. The summed E-state index contributed by atoms with van der Waals surface area (Å²) in [6.45, 7) is 4.72. The third-order valence-corrected chi connectivity index (χ3v) is 10.3. The molecule has 4 heterocycles. The third kappa shape index (κ3) is 2.79. The van der Waals surface area contributed by atoms with Gasteiger partial charge in [0.05, 0.1) is 22.1 Å². The van der Waals surface area contributed by atoms with Gasteiger partial charge in [0.15, 0.2) is 5.65 Å². The number of nitrogens with zero attached hydrogens (tertiary/aromatic N) is 3. The van der Waals surface area contributed by atoms with Gasteiger partial charge in [0.25, 0.3) is 0 Å². The van der Waals surface area contributed by atoms with Crippen molar-refractivity contribution >= 4 is 71.3 Å². The van der Waals surface area contributed by atoms with Crippen LogP contribution >= 0.6 is 0 Å². The second kappa shape index (κ2) is 7.85. The smallest absolute Gasteiger partial charge is 0.165 e. The first-order valence-corrected chi connectivity index (χ1v) is 15.5. The van der Waals surface area contributed by atoms with E-state index in [9.17, 15) is 0 Å². The monoisotopic (exact) mass is 575 g/mol. The second-order valence-corrected chi connectivity index (χ2v) is 13.0. The van der Waals surface area contributed by atoms with Gasteiger partial charge < -0.3 is 4.42 Å². The molecule has 0 unspecified atom stereocenters. The second-order valence-electron chi connectivity index (χ2n) is 13.0. The van der Waals surface area contributed by atoms with Crippen LogP contribution in [0.2, 0.25) is 0 Å². The third-order valence-electron chi connectivity index (χ3n) is 10.3. The quantitative estimate of drug-likeness (QED) is 0.196. The number of hydrogen-bond donors (Lipinski definition) is 0. The van der Waals surface area contributed by atoms with Crippen LogP contribution in [0.15, 0.2) is 120 Å². The Kier molecular flexibility index (Phi) is 4.13. The highest BCUT2D eigenvalue weighted by Crippen LogP contribution is 2.53. The molecule has 45 heavy (non-hydrogen) atoms. The van der Waals surface area contributed by atoms with Crippen molar-refractivity contribution in [2.75, 3.05) is 0 Å². The number of furan rings is 1. The van der Waals surface area contributed by atoms with E-state index in [0.29, 0.717) is 0 Å². The highest BCUT2D eigenvalue weighted by Gasteiger charge is 2.37. The van der Waals surface area contributed by atoms with Crippen molar-refractivity contribution in [3.05, 3.63) is 126 Å². The average molecular weight is 576 g/mol. The molecular formula is C41H25N3O. The fourth-order valence-electron chi connectivity index (χ4n) is 8.41. The number of benzene rings is 6. The van der Waals surface area contributed by atoms with Crippen molar-refractivity contribution < 1.29 is 4.42 Å². The zero-order valence-corrected chi connectivity index (χ0v) is 24.7. The predicted molar refractivity (Wildman–Crippen MR) is 184 cm³/mol. The molecule has 0 bridgehead atoms. The Hall–Kier alpha value is -5.74. The Morgan fingerprint density at radius 3 is 2.27 bits per heavy atom. The van der Waals surface area contributed by atoms with Crippen molar-refractivity contribution in [1.29, 1.82) is 0 Å². The van der Waals surface area contributed by atoms with E-state index in [1.807, 2.05) is 30.3 Å². The van der Waals surface area contributed by atoms with E-state index in [-0.39, 0.29) is 5.41 Å². The lowest BCUT2D eigenvalue weighted by atomic mass is 9.79. The largest absolute Gasteiger partial charge is 0.456 e. The molecule has 1 aliphatic rings. The fourth-order valence-corrected chi connectivity index (χ4v) is 8.41. The molecule has 1 aliphatic carbocycles. The maximum absolute atomic E-state index is 6.53. The number of hydrogen-bond acceptors (Lipinski definition) is 3. The van der Waals surface area contributed by atoms with Crippen LogP contribution in [0, 0.1) is 0 Å². The van der Waals surface area contributed by atoms with Crippen molar-refractivity contribution in [1.82, 2.24) is 14.4 Å². The van der Waals surface area contributed by atoms with Crippen LogP contribution in [0.25, 0.3) is 93.6 Å². The normalized spacial score (nSPS) is 14.2. The van der Waals surface area contributed by atoms with Crippen LogP contribution in [0.3, 0.4) is 0 Å². The SMILES string of the molecule is CC1(C)c2ccccc2-c2cccc(-c3ccc4c(c3)c3c5c(cc6c7nc8ccccc8nc7n4c63)oc3ccccc35)c21. The highest BCUT2D eigenvalue weighted by atomic mass is 16.3. The molecule has 4 heteroatoms. The minimum atomic E-state index is -0.103. The van der Waals surface area contributed by atoms with Crippen LogP contribution in [-0.2, 0) is 5.41 Å². The molecule has 0 amide bonds. The summed E-state index contributed by atoms with van der Waals surface area (Å²) in [6.07, 6.45) is 0. The molecule has 4 aromatic heterocycles. The van der Waals surface area contributed by atoms with Crippen LogP contribution in [0.1, 0.15) is 25.0 Å². The van der Waals surface area contributed by atoms with Gasteiger partial charge in [0.2, 0.25) is 0 Å². The van der Waals surface area contributed by atoms with Crippen LogP contribution in [0.4, 0.5) is 0 Å². The van der Waals surface area contributed by atoms with Gasteiger partial charge in [0, 0.05) is 32.3 Å². The zero-order valence-electron chi connectivity index (χ0n) is 24.7. The van der Waals surface area contributed by atoms with Gasteiger partial charge in [-0.3, -0.25) is 4.40 Å². The molecule has 0 aliphatic heterocycles. The van der Waals surface area contributed by atoms with Crippen LogP contribution in [0.5, 0.6) is 0 Å². The van der Waals surface area contributed by atoms with Crippen LogP contribution in [-0.4, -0.2) is 14.4 Å². The minimum Gasteiger partial charge on any atom is -0.456 e. The Balaban J connectivity index is 1.31. The average Bonchev–Trinajstić information content (AvgIpc) is 3.77. The molecule has 4 nitrogen and oxygen atoms in total. The molecule has 0 spiro atoms. The summed E-state index contributed by atoms with van der Waals surface area (Å²) in [5.74, 6) is 0. The van der Waals surface area contributed by atoms with Gasteiger partial charge in [-0.2, -0.15) is 0 Å². The summed E-state index contributed by atoms with van der Waals surface area (Å²) in [5.41, 5.74) is 15.5. The minimum absolute atomic E-state index is 0.103. The first-order chi connectivity index (χ1) is 22.1. The lowest BCUT2D eigenvalue weighted by Crippen LogP contribution is -2.16. The van der Waals surface area contributed by atoms with Crippen molar-refractivity contribution in [2.45, 2.75) is 19.3 Å². The summed E-state index contributed by atoms with van der Waals surface area (Å²) in [4.78, 5) is 10.3. The van der Waals surface area contributed by atoms with Crippen molar-refractivity contribution in [3.63, 3.8) is 0 Å². The molecule has 6 aromatic carbocycles. The lowest BCUT2D eigenvalue weighted by molar-refractivity contribution is 0.662. The molecule has 0 saturated heterocycles. The zero-order chi connectivity index (χ0) is 29.6. The molecule has 0 N–H and O–H groups in total. The van der Waals surface area contributed by atoms with E-state index in [4.69, 9.17) is 14.4 Å². The fraction of sp³-hybridized carbons (Fsp3) is 0.0732. The van der Waals surface area contributed by atoms with E-state index >= 15 is 0 Å². The van der Waals surface area contributed by atoms with Gasteiger partial charge in [0.1, 0.15) is 16.7 Å². The topological polar surface area (TPSA) is 43.3 Å². The Labute approximate surface area is 257 Å². The van der Waals surface area contributed by atoms with Gasteiger partial charge >= 0.3 is 0 Å². The van der Waals surface area contributed by atoms with Crippen molar-refractivity contribution in [3.8, 4) is 22.3 Å². The molecule has 10 aromatic rings. The van der Waals surface area contributed by atoms with Crippen molar-refractivity contribution in [2.24, 2.45) is 0 Å². The predicted octanol–water partition coefficient (Wildman–Crippen LogP) is 10.7. The maximum Gasteiger partial charge on any atom is 0.165 e. The molecule has 210 valence electrons. The lowest BCUT2D eigenvalue weighted by Gasteiger charge is -2.24. The van der Waals surface area contributed by atoms with Gasteiger partial charge in [-0.1, -0.05) is 92.7 Å². The first-order valence-electron chi connectivity index (χ1n) is 15.5. The summed E-state index contributed by atoms with van der Waals surface area (Å²) >= 11 is 0. The standard InChI is InChI=1S/C41H25N3O/c1-41(2)29-14-5-3-10-24(29)25-13-9-12-23(37(25)41)22-18-19-32-27(20-22)36-35-26-11-4-8-17-33(26)45-34(35)21-28-38-40(44(32)39(28)36)43-31-16-7-6-15-30(31)42-38/h3-21H,1-2H3. The highest BCUT2D eigenvalue weighted by molar-refractivity contribution is 6.34. The molecular weight excluding hydrogens is 550 g/mol. The number of rotatable bonds is 1. The van der Waals surface area contributed by atoms with E-state index < -0.39 is 0 Å². The van der Waals surface area contributed by atoms with Crippen LogP contribution < -0.4 is 0 Å². The summed E-state index contributed by atoms with van der Waals surface area (Å²) in [6, 6.07) is 41.3. The van der Waals surface area contributed by atoms with Gasteiger partial charge in [-0.15, -0.1) is 0 Å². The van der Waals surface area contributed by atoms with E-state index in [1.165, 1.54) is 44.2 Å². The molecule has 0 atom stereocenters. The van der Waals surface area contributed by atoms with E-state index in [1.54, 1.807) is 0 Å². The Morgan fingerprint density at radius 1 is 0.600 bits per heavy atom. The molecule has 0 radical (unpaired) electrons. The first kappa shape index (κ1) is 23.7. The Morgan fingerprint density at radius 2 is 1.36 bits per heavy atom. The molecule has 0 saturated carbocycles. The van der Waals surface area contributed by atoms with E-state index in [2.05, 4.69) is 103 Å². The summed E-state index contributed by atoms with van der Waals surface area (Å²) in [5, 5.41) is 5.74. The number of aromatic nitrogens is 3. The number of para-hydroxylation sites is 3. The Bertz CT molecular complexity index is 2910.